The summed E-state index contributed by atoms with van der Waals surface area (Å²) in [5, 5.41) is 0. The van der Waals surface area contributed by atoms with Crippen molar-refractivity contribution in [2.45, 2.75) is 76.8 Å². The lowest BCUT2D eigenvalue weighted by atomic mass is 9.83. The quantitative estimate of drug-likeness (QED) is 0.199. The lowest BCUT2D eigenvalue weighted by molar-refractivity contribution is -0.143. The summed E-state index contributed by atoms with van der Waals surface area (Å²) in [6.45, 7) is 9.43. The third-order valence-electron chi connectivity index (χ3n) is 8.32. The number of nitrogens with zero attached hydrogens (tertiary/aromatic N) is 2. The molecular formula is C35H47FN2O5S. The predicted octanol–water partition coefficient (Wildman–Crippen LogP) is 7.72. The highest BCUT2D eigenvalue weighted by Crippen LogP contribution is 2.57. The zero-order chi connectivity index (χ0) is 32.0. The molecule has 1 aliphatic heterocycles. The molecular weight excluding hydrogens is 579 g/mol. The number of carbonyl (C=O) groups is 1. The highest BCUT2D eigenvalue weighted by Gasteiger charge is 2.35. The Morgan fingerprint density at radius 2 is 1.84 bits per heavy atom. The van der Waals surface area contributed by atoms with E-state index < -0.39 is 10.8 Å². The third kappa shape index (κ3) is 8.00. The molecule has 3 aromatic carbocycles. The van der Waals surface area contributed by atoms with Crippen LogP contribution in [0, 0.1) is 19.7 Å². The number of benzene rings is 3. The van der Waals surface area contributed by atoms with Crippen LogP contribution in [0.3, 0.4) is 0 Å². The number of fused-ring (bicyclic) bond motifs is 1. The molecule has 3 aromatic rings. The number of aryl methyl sites for hydroxylation is 3. The monoisotopic (exact) mass is 626 g/mol. The van der Waals surface area contributed by atoms with E-state index in [2.05, 4.69) is 4.90 Å². The smallest absolute Gasteiger partial charge is 0.306 e. The van der Waals surface area contributed by atoms with Crippen LogP contribution >= 0.6 is 10.8 Å². The maximum absolute atomic E-state index is 15.1. The van der Waals surface area contributed by atoms with Gasteiger partial charge in [0.1, 0.15) is 22.6 Å². The molecule has 0 aliphatic carbocycles. The van der Waals surface area contributed by atoms with Crippen LogP contribution in [0.4, 0.5) is 4.39 Å². The second-order valence-corrected chi connectivity index (χ2v) is 13.9. The van der Waals surface area contributed by atoms with Crippen molar-refractivity contribution in [2.75, 3.05) is 33.8 Å². The van der Waals surface area contributed by atoms with E-state index in [4.69, 9.17) is 9.47 Å². The Bertz CT molecular complexity index is 1450. The molecule has 0 fully saturated rings. The largest absolute Gasteiger partial charge is 0.487 e. The first kappa shape index (κ1) is 33.9. The Kier molecular flexibility index (Phi) is 11.5. The van der Waals surface area contributed by atoms with Crippen molar-refractivity contribution in [1.82, 2.24) is 9.21 Å². The molecule has 4 rings (SSSR count). The maximum atomic E-state index is 15.1. The van der Waals surface area contributed by atoms with Crippen LogP contribution < -0.4 is 4.74 Å². The van der Waals surface area contributed by atoms with E-state index in [1.54, 1.807) is 35.5 Å². The topological polar surface area (TPSA) is 82.5 Å². The Balaban J connectivity index is 1.74. The minimum Gasteiger partial charge on any atom is -0.487 e. The number of esters is 1. The number of ether oxygens (including phenoxy) is 2. The highest BCUT2D eigenvalue weighted by atomic mass is 32.3. The highest BCUT2D eigenvalue weighted by molar-refractivity contribution is 8.22. The first-order valence-electron chi connectivity index (χ1n) is 15.4. The Morgan fingerprint density at radius 3 is 2.55 bits per heavy atom. The van der Waals surface area contributed by atoms with Gasteiger partial charge in [-0.15, -0.1) is 10.8 Å². The molecule has 2 N–H and O–H groups in total. The van der Waals surface area contributed by atoms with Crippen LogP contribution in [0.15, 0.2) is 59.5 Å². The van der Waals surface area contributed by atoms with Gasteiger partial charge in [-0.25, -0.2) is 4.39 Å². The Hall–Kier alpha value is -2.95. The van der Waals surface area contributed by atoms with Gasteiger partial charge >= 0.3 is 5.97 Å². The summed E-state index contributed by atoms with van der Waals surface area (Å²) in [6.07, 6.45) is 2.02. The molecule has 0 saturated heterocycles. The van der Waals surface area contributed by atoms with E-state index >= 15 is 4.39 Å². The van der Waals surface area contributed by atoms with Crippen molar-refractivity contribution in [3.05, 3.63) is 93.8 Å². The molecule has 0 radical (unpaired) electrons. The summed E-state index contributed by atoms with van der Waals surface area (Å²) >= 11 is 0. The van der Waals surface area contributed by atoms with Crippen LogP contribution in [0.5, 0.6) is 5.75 Å². The molecule has 0 spiro atoms. The number of rotatable bonds is 12. The van der Waals surface area contributed by atoms with Gasteiger partial charge < -0.3 is 14.4 Å². The summed E-state index contributed by atoms with van der Waals surface area (Å²) in [6, 6.07) is 16.6. The molecule has 1 heterocycles. The van der Waals surface area contributed by atoms with E-state index in [-0.39, 0.29) is 43.4 Å². The molecule has 240 valence electrons. The Labute approximate surface area is 263 Å². The molecule has 7 nitrogen and oxygen atoms in total. The zero-order valence-electron chi connectivity index (χ0n) is 26.8. The van der Waals surface area contributed by atoms with Gasteiger partial charge in [0.05, 0.1) is 19.6 Å². The molecule has 9 heteroatoms. The van der Waals surface area contributed by atoms with Gasteiger partial charge in [0, 0.05) is 12.5 Å². The molecule has 0 bridgehead atoms. The van der Waals surface area contributed by atoms with E-state index in [0.717, 1.165) is 40.8 Å². The first-order chi connectivity index (χ1) is 20.9. The van der Waals surface area contributed by atoms with Gasteiger partial charge in [-0.05, 0) is 112 Å². The minimum atomic E-state index is -3.33. The first-order valence-corrected chi connectivity index (χ1v) is 16.9. The lowest BCUT2D eigenvalue weighted by Crippen LogP contribution is -2.34. The fraction of sp³-hybridized carbons (Fsp3) is 0.457. The molecule has 2 unspecified atom stereocenters. The number of para-hydroxylation sites is 1. The van der Waals surface area contributed by atoms with Crippen molar-refractivity contribution >= 4 is 16.7 Å². The summed E-state index contributed by atoms with van der Waals surface area (Å²) in [4.78, 5) is 15.4. The van der Waals surface area contributed by atoms with Gasteiger partial charge in [0.15, 0.2) is 0 Å². The van der Waals surface area contributed by atoms with Gasteiger partial charge in [-0.2, -0.15) is 4.31 Å². The SMILES string of the molecule is CCOC(=O)CC(c1ccc(C)c(CN2CC(CC)Oc3ccccc3S2(O)O)c1)c1cc(CCCN(C)C)c(F)cc1C. The average Bonchev–Trinajstić information content (AvgIpc) is 3.08. The standard InChI is InChI=1S/C35H47FN2O5S/c1-7-29-23-38(44(40,41)34-14-10-9-13-33(34)43-29)22-28-19-26(16-15-24(28)3)31(21-35(39)42-8-2)30-20-27(12-11-17-37(5)6)32(36)18-25(30)4/h9-10,13-16,18-20,29,31,40-41H,7-8,11-12,17,21-23H2,1-6H3. The van der Waals surface area contributed by atoms with Gasteiger partial charge in [-0.3, -0.25) is 13.9 Å². The Morgan fingerprint density at radius 1 is 1.09 bits per heavy atom. The van der Waals surface area contributed by atoms with Crippen molar-refractivity contribution in [2.24, 2.45) is 0 Å². The number of hydrogen-bond acceptors (Lipinski definition) is 7. The van der Waals surface area contributed by atoms with Gasteiger partial charge in [0.2, 0.25) is 0 Å². The molecule has 0 aromatic heterocycles. The maximum Gasteiger partial charge on any atom is 0.306 e. The second-order valence-electron chi connectivity index (χ2n) is 11.9. The van der Waals surface area contributed by atoms with E-state index in [1.807, 2.05) is 65.2 Å². The fourth-order valence-electron chi connectivity index (χ4n) is 5.78. The second kappa shape index (κ2) is 14.9. The van der Waals surface area contributed by atoms with Gasteiger partial charge in [0.25, 0.3) is 0 Å². The van der Waals surface area contributed by atoms with E-state index in [9.17, 15) is 13.9 Å². The predicted molar refractivity (Wildman–Crippen MR) is 175 cm³/mol. The number of carbonyl (C=O) groups excluding carboxylic acids is 1. The third-order valence-corrected chi connectivity index (χ3v) is 10.2. The van der Waals surface area contributed by atoms with Crippen LogP contribution in [0.25, 0.3) is 0 Å². The average molecular weight is 627 g/mol. The molecule has 2 atom stereocenters. The molecule has 1 aliphatic rings. The summed E-state index contributed by atoms with van der Waals surface area (Å²) in [5.74, 6) is -0.420. The van der Waals surface area contributed by atoms with Gasteiger partial charge in [-0.1, -0.05) is 43.3 Å². The van der Waals surface area contributed by atoms with Crippen LogP contribution in [0.2, 0.25) is 0 Å². The van der Waals surface area contributed by atoms with Crippen molar-refractivity contribution in [3.63, 3.8) is 0 Å². The minimum absolute atomic E-state index is 0.109. The van der Waals surface area contributed by atoms with Crippen LogP contribution in [-0.2, 0) is 22.5 Å². The van der Waals surface area contributed by atoms with E-state index in [0.29, 0.717) is 35.6 Å². The van der Waals surface area contributed by atoms with Crippen molar-refractivity contribution in [1.29, 1.82) is 0 Å². The summed E-state index contributed by atoms with van der Waals surface area (Å²) < 4.78 is 51.4. The molecule has 0 saturated carbocycles. The van der Waals surface area contributed by atoms with Crippen molar-refractivity contribution < 1.29 is 27.8 Å². The lowest BCUT2D eigenvalue weighted by Gasteiger charge is -2.42. The van der Waals surface area contributed by atoms with Crippen molar-refractivity contribution in [3.8, 4) is 5.75 Å². The summed E-state index contributed by atoms with van der Waals surface area (Å²) in [5.41, 5.74) is 5.10. The fourth-order valence-corrected chi connectivity index (χ4v) is 7.40. The molecule has 44 heavy (non-hydrogen) atoms. The van der Waals surface area contributed by atoms with E-state index in [1.165, 1.54) is 0 Å². The zero-order valence-corrected chi connectivity index (χ0v) is 27.6. The number of hydrogen-bond donors (Lipinski definition) is 2. The normalized spacial score (nSPS) is 17.8. The molecule has 0 amide bonds. The summed E-state index contributed by atoms with van der Waals surface area (Å²) in [7, 11) is 0.668. The van der Waals surface area contributed by atoms with Crippen LogP contribution in [0.1, 0.15) is 72.4 Å². The van der Waals surface area contributed by atoms with Crippen LogP contribution in [-0.4, -0.2) is 64.2 Å². The number of halogens is 1.